The molecule has 1 aromatic rings. The number of amides is 2. The Kier molecular flexibility index (Phi) is 4.42. The summed E-state index contributed by atoms with van der Waals surface area (Å²) in [4.78, 5) is 28.1. The van der Waals surface area contributed by atoms with Crippen LogP contribution in [0.4, 0.5) is 10.5 Å². The number of carbonyl (C=O) groups excluding carboxylic acids is 2. The Morgan fingerprint density at radius 1 is 1.40 bits per heavy atom. The normalized spacial score (nSPS) is 23.8. The number of nitrogens with zero attached hydrogens (tertiary/aromatic N) is 2. The first kappa shape index (κ1) is 17.6. The minimum Gasteiger partial charge on any atom is -0.369 e. The Morgan fingerprint density at radius 3 is 2.80 bits per heavy atom. The van der Waals surface area contributed by atoms with Gasteiger partial charge in [-0.2, -0.15) is 0 Å². The molecule has 0 saturated carbocycles. The van der Waals surface area contributed by atoms with Gasteiger partial charge < -0.3 is 4.90 Å². The van der Waals surface area contributed by atoms with E-state index in [9.17, 15) is 9.59 Å². The number of carbonyl (C=O) groups is 2. The van der Waals surface area contributed by atoms with Crippen molar-refractivity contribution < 1.29 is 9.59 Å². The fourth-order valence-electron chi connectivity index (χ4n) is 3.56. The van der Waals surface area contributed by atoms with Gasteiger partial charge in [0.05, 0.1) is 11.4 Å². The Bertz CT molecular complexity index is 819. The van der Waals surface area contributed by atoms with Crippen molar-refractivity contribution in [3.63, 3.8) is 0 Å². The first-order valence-electron chi connectivity index (χ1n) is 8.31. The molecule has 1 aromatic carbocycles. The van der Waals surface area contributed by atoms with Crippen LogP contribution in [0.25, 0.3) is 6.08 Å². The Morgan fingerprint density at radius 2 is 2.12 bits per heavy atom. The number of fused-ring (bicyclic) bond motifs is 1. The van der Waals surface area contributed by atoms with Crippen molar-refractivity contribution in [2.75, 3.05) is 18.5 Å². The maximum absolute atomic E-state index is 12.3. The molecule has 0 aromatic heterocycles. The average molecular weight is 354 g/mol. The van der Waals surface area contributed by atoms with Crippen molar-refractivity contribution in [3.05, 3.63) is 34.2 Å². The summed E-state index contributed by atoms with van der Waals surface area (Å²) in [7, 11) is 2.12. The molecule has 0 radical (unpaired) electrons. The molecule has 4 nitrogen and oxygen atoms in total. The molecule has 0 bridgehead atoms. The maximum Gasteiger partial charge on any atom is 0.294 e. The lowest BCUT2D eigenvalue weighted by Gasteiger charge is -2.45. The number of imide groups is 1. The van der Waals surface area contributed by atoms with E-state index in [1.807, 2.05) is 6.07 Å². The molecular weight excluding hydrogens is 332 g/mol. The summed E-state index contributed by atoms with van der Waals surface area (Å²) in [6.07, 6.45) is 8.08. The molecule has 2 aliphatic rings. The molecule has 1 atom stereocenters. The van der Waals surface area contributed by atoms with Gasteiger partial charge in [0.15, 0.2) is 0 Å². The van der Waals surface area contributed by atoms with Crippen LogP contribution in [-0.2, 0) is 4.79 Å². The summed E-state index contributed by atoms with van der Waals surface area (Å²) in [5, 5.41) is -0.304. The highest BCUT2D eigenvalue weighted by Gasteiger charge is 2.35. The molecule has 2 heterocycles. The molecule has 1 saturated heterocycles. The van der Waals surface area contributed by atoms with Gasteiger partial charge in [-0.15, -0.1) is 6.42 Å². The van der Waals surface area contributed by atoms with Crippen molar-refractivity contribution in [3.8, 4) is 12.3 Å². The van der Waals surface area contributed by atoms with E-state index >= 15 is 0 Å². The molecule has 5 heteroatoms. The quantitative estimate of drug-likeness (QED) is 0.593. The van der Waals surface area contributed by atoms with E-state index in [1.165, 1.54) is 11.3 Å². The second kappa shape index (κ2) is 6.27. The minimum atomic E-state index is -0.308. The fourth-order valence-corrected chi connectivity index (χ4v) is 4.40. The van der Waals surface area contributed by atoms with Crippen molar-refractivity contribution in [1.29, 1.82) is 0 Å². The zero-order valence-electron chi connectivity index (χ0n) is 15.0. The van der Waals surface area contributed by atoms with Gasteiger partial charge in [-0.1, -0.05) is 18.9 Å². The summed E-state index contributed by atoms with van der Waals surface area (Å²) < 4.78 is 0. The van der Waals surface area contributed by atoms with E-state index in [2.05, 4.69) is 50.8 Å². The minimum absolute atomic E-state index is 0.0170. The Balaban J connectivity index is 1.94. The van der Waals surface area contributed by atoms with Crippen molar-refractivity contribution in [2.45, 2.75) is 38.6 Å². The number of anilines is 1. The van der Waals surface area contributed by atoms with Gasteiger partial charge in [0, 0.05) is 18.3 Å². The molecule has 2 aliphatic heterocycles. The van der Waals surface area contributed by atoms with E-state index < -0.39 is 0 Å². The Hall–Kier alpha value is -2.19. The van der Waals surface area contributed by atoms with Crippen LogP contribution in [0.5, 0.6) is 0 Å². The first-order chi connectivity index (χ1) is 11.7. The first-order valence-corrected chi connectivity index (χ1v) is 9.13. The molecule has 1 fully saturated rings. The smallest absolute Gasteiger partial charge is 0.294 e. The van der Waals surface area contributed by atoms with Crippen molar-refractivity contribution in [1.82, 2.24) is 4.90 Å². The molecule has 2 amide bonds. The van der Waals surface area contributed by atoms with E-state index in [0.717, 1.165) is 28.6 Å². The highest BCUT2D eigenvalue weighted by atomic mass is 32.2. The van der Waals surface area contributed by atoms with Crippen LogP contribution < -0.4 is 4.90 Å². The van der Waals surface area contributed by atoms with Crippen LogP contribution >= 0.6 is 11.8 Å². The molecule has 0 unspecified atom stereocenters. The number of hydrogen-bond donors (Lipinski definition) is 0. The van der Waals surface area contributed by atoms with Gasteiger partial charge in [-0.25, -0.2) is 0 Å². The number of rotatable bonds is 2. The molecule has 0 aliphatic carbocycles. The standard InChI is InChI=1S/C20H22N2O2S/c1-6-9-22-18(23)17(25-19(22)24)11-14-7-8-16-15(10-14)13(2)12-20(3,4)21(16)5/h1,7-8,10-11,13H,9,12H2,2-5H3/b17-11-/t13-/m0/s1. The third-order valence-electron chi connectivity index (χ3n) is 5.08. The molecule has 130 valence electrons. The highest BCUT2D eigenvalue weighted by Crippen LogP contribution is 2.43. The molecular formula is C20H22N2O2S. The van der Waals surface area contributed by atoms with E-state index in [0.29, 0.717) is 10.8 Å². The predicted molar refractivity (Wildman–Crippen MR) is 103 cm³/mol. The van der Waals surface area contributed by atoms with E-state index in [1.54, 1.807) is 6.08 Å². The monoisotopic (exact) mass is 354 g/mol. The lowest BCUT2D eigenvalue weighted by atomic mass is 9.80. The van der Waals surface area contributed by atoms with Gasteiger partial charge in [0.2, 0.25) is 0 Å². The van der Waals surface area contributed by atoms with Crippen molar-refractivity contribution in [2.24, 2.45) is 0 Å². The summed E-state index contributed by atoms with van der Waals surface area (Å²) in [5.74, 6) is 2.48. The Labute approximate surface area is 153 Å². The average Bonchev–Trinajstić information content (AvgIpc) is 2.80. The van der Waals surface area contributed by atoms with Gasteiger partial charge in [0.1, 0.15) is 0 Å². The summed E-state index contributed by atoms with van der Waals surface area (Å²) >= 11 is 0.948. The predicted octanol–water partition coefficient (Wildman–Crippen LogP) is 4.08. The molecule has 0 spiro atoms. The highest BCUT2D eigenvalue weighted by molar-refractivity contribution is 8.18. The number of hydrogen-bond acceptors (Lipinski definition) is 4. The number of thioether (sulfide) groups is 1. The van der Waals surface area contributed by atoms with Crippen LogP contribution in [0, 0.1) is 12.3 Å². The molecule has 25 heavy (non-hydrogen) atoms. The lowest BCUT2D eigenvalue weighted by molar-refractivity contribution is -0.122. The SMILES string of the molecule is C#CCN1C(=O)S/C(=C\c2ccc3c(c2)[C@@H](C)CC(C)(C)N3C)C1=O. The molecule has 0 N–H and O–H groups in total. The van der Waals surface area contributed by atoms with E-state index in [-0.39, 0.29) is 23.2 Å². The van der Waals surface area contributed by atoms with Gasteiger partial charge >= 0.3 is 0 Å². The third kappa shape index (κ3) is 3.07. The summed E-state index contributed by atoms with van der Waals surface area (Å²) in [6, 6.07) is 6.23. The van der Waals surface area contributed by atoms with E-state index in [4.69, 9.17) is 6.42 Å². The maximum atomic E-state index is 12.3. The van der Waals surface area contributed by atoms with Crippen molar-refractivity contribution >= 4 is 34.7 Å². The number of benzene rings is 1. The van der Waals surface area contributed by atoms with Crippen LogP contribution in [-0.4, -0.2) is 35.2 Å². The second-order valence-electron chi connectivity index (χ2n) is 7.27. The second-order valence-corrected chi connectivity index (χ2v) is 8.26. The zero-order chi connectivity index (χ0) is 18.4. The van der Waals surface area contributed by atoms with Crippen LogP contribution in [0.15, 0.2) is 23.1 Å². The van der Waals surface area contributed by atoms with Crippen LogP contribution in [0.2, 0.25) is 0 Å². The van der Waals surface area contributed by atoms with Gasteiger partial charge in [-0.05, 0) is 67.3 Å². The van der Waals surface area contributed by atoms with Gasteiger partial charge in [0.25, 0.3) is 11.1 Å². The lowest BCUT2D eigenvalue weighted by Crippen LogP contribution is -2.45. The number of terminal acetylenes is 1. The largest absolute Gasteiger partial charge is 0.369 e. The fraction of sp³-hybridized carbons (Fsp3) is 0.400. The van der Waals surface area contributed by atoms with Gasteiger partial charge in [-0.3, -0.25) is 14.5 Å². The summed E-state index contributed by atoms with van der Waals surface area (Å²) in [5.41, 5.74) is 3.55. The summed E-state index contributed by atoms with van der Waals surface area (Å²) in [6.45, 7) is 6.75. The topological polar surface area (TPSA) is 40.6 Å². The van der Waals surface area contributed by atoms with Crippen LogP contribution in [0.1, 0.15) is 44.2 Å². The van der Waals surface area contributed by atoms with Crippen LogP contribution in [0.3, 0.4) is 0 Å². The zero-order valence-corrected chi connectivity index (χ0v) is 15.8. The molecule has 3 rings (SSSR count). The third-order valence-corrected chi connectivity index (χ3v) is 5.99.